The van der Waals surface area contributed by atoms with E-state index < -0.39 is 0 Å². The van der Waals surface area contributed by atoms with Gasteiger partial charge in [-0.2, -0.15) is 11.8 Å². The van der Waals surface area contributed by atoms with Crippen molar-refractivity contribution in [3.05, 3.63) is 28.5 Å². The second-order valence-corrected chi connectivity index (χ2v) is 6.13. The maximum absolute atomic E-state index is 5.63. The number of hydrogen-bond acceptors (Lipinski definition) is 4. The zero-order chi connectivity index (χ0) is 11.4. The number of nitrogens with one attached hydrogen (secondary N) is 1. The molecule has 5 heteroatoms. The Bertz CT molecular complexity index is 325. The molecule has 0 amide bonds. The van der Waals surface area contributed by atoms with E-state index in [1.54, 1.807) is 0 Å². The number of rotatable bonds is 4. The third-order valence-electron chi connectivity index (χ3n) is 2.97. The first-order valence-electron chi connectivity index (χ1n) is 5.44. The number of pyridine rings is 1. The van der Waals surface area contributed by atoms with Gasteiger partial charge in [-0.1, -0.05) is 0 Å². The van der Waals surface area contributed by atoms with Crippen molar-refractivity contribution in [1.29, 1.82) is 0 Å². The van der Waals surface area contributed by atoms with Crippen molar-refractivity contribution in [2.24, 2.45) is 11.8 Å². The van der Waals surface area contributed by atoms with Gasteiger partial charge in [0.05, 0.1) is 0 Å². The third-order valence-corrected chi connectivity index (χ3v) is 4.62. The lowest BCUT2D eigenvalue weighted by Crippen LogP contribution is -2.42. The van der Waals surface area contributed by atoms with Crippen LogP contribution in [0.5, 0.6) is 0 Å². The molecule has 1 saturated heterocycles. The summed E-state index contributed by atoms with van der Waals surface area (Å²) in [7, 11) is 0. The van der Waals surface area contributed by atoms with E-state index in [2.05, 4.69) is 32.4 Å². The summed E-state index contributed by atoms with van der Waals surface area (Å²) in [5.41, 5.74) is 4.04. The van der Waals surface area contributed by atoms with Gasteiger partial charge in [0.25, 0.3) is 0 Å². The molecule has 1 aliphatic rings. The van der Waals surface area contributed by atoms with Crippen LogP contribution in [0.15, 0.2) is 22.8 Å². The van der Waals surface area contributed by atoms with E-state index in [4.69, 9.17) is 5.84 Å². The molecule has 0 aromatic carbocycles. The number of nitrogens with zero attached hydrogens (tertiary/aromatic N) is 1. The van der Waals surface area contributed by atoms with Crippen LogP contribution in [0.2, 0.25) is 0 Å². The Labute approximate surface area is 109 Å². The molecule has 1 fully saturated rings. The Balaban J connectivity index is 1.97. The number of thioether (sulfide) groups is 1. The van der Waals surface area contributed by atoms with Gasteiger partial charge in [0.15, 0.2) is 0 Å². The number of hydrogen-bond donors (Lipinski definition) is 2. The second-order valence-electron chi connectivity index (χ2n) is 4.07. The fourth-order valence-electron chi connectivity index (χ4n) is 1.98. The minimum atomic E-state index is 0.351. The molecule has 88 valence electrons. The quantitative estimate of drug-likeness (QED) is 0.659. The fourth-order valence-corrected chi connectivity index (χ4v) is 3.56. The molecule has 2 atom stereocenters. The first-order valence-corrected chi connectivity index (χ1v) is 7.38. The van der Waals surface area contributed by atoms with Crippen LogP contribution in [0.25, 0.3) is 0 Å². The maximum atomic E-state index is 5.63. The van der Waals surface area contributed by atoms with E-state index in [1.807, 2.05) is 24.0 Å². The number of nitrogens with two attached hydrogens (primary N) is 1. The lowest BCUT2D eigenvalue weighted by molar-refractivity contribution is 0.383. The molecular formula is C11H16BrN3S. The van der Waals surface area contributed by atoms with Gasteiger partial charge in [0, 0.05) is 28.8 Å². The number of aromatic nitrogens is 1. The summed E-state index contributed by atoms with van der Waals surface area (Å²) in [6, 6.07) is 4.43. The highest BCUT2D eigenvalue weighted by Crippen LogP contribution is 2.27. The SMILES string of the molecule is NNC(Cc1ccc(Br)cn1)C1CCSC1. The summed E-state index contributed by atoms with van der Waals surface area (Å²) in [4.78, 5) is 4.39. The fraction of sp³-hybridized carbons (Fsp3) is 0.545. The summed E-state index contributed by atoms with van der Waals surface area (Å²) in [6.07, 6.45) is 4.01. The van der Waals surface area contributed by atoms with Crippen molar-refractivity contribution < 1.29 is 0 Å². The van der Waals surface area contributed by atoms with Crippen LogP contribution in [0.3, 0.4) is 0 Å². The predicted molar refractivity (Wildman–Crippen MR) is 72.2 cm³/mol. The van der Waals surface area contributed by atoms with Gasteiger partial charge < -0.3 is 0 Å². The van der Waals surface area contributed by atoms with Gasteiger partial charge in [-0.3, -0.25) is 16.3 Å². The number of hydrazine groups is 1. The number of halogens is 1. The van der Waals surface area contributed by atoms with Crippen molar-refractivity contribution in [2.45, 2.75) is 18.9 Å². The first kappa shape index (κ1) is 12.4. The molecule has 2 rings (SSSR count). The molecule has 0 spiro atoms. The zero-order valence-electron chi connectivity index (χ0n) is 9.03. The summed E-state index contributed by atoms with van der Waals surface area (Å²) in [5, 5.41) is 0. The predicted octanol–water partition coefficient (Wildman–Crippen LogP) is 1.97. The smallest absolute Gasteiger partial charge is 0.0420 e. The van der Waals surface area contributed by atoms with E-state index in [-0.39, 0.29) is 0 Å². The standard InChI is InChI=1S/C11H16BrN3S/c12-9-1-2-10(14-6-9)5-11(15-13)8-3-4-16-7-8/h1-2,6,8,11,15H,3-5,7,13H2. The minimum Gasteiger partial charge on any atom is -0.271 e. The molecule has 1 aromatic heterocycles. The lowest BCUT2D eigenvalue weighted by atomic mass is 9.95. The third kappa shape index (κ3) is 3.20. The van der Waals surface area contributed by atoms with Crippen LogP contribution in [0, 0.1) is 5.92 Å². The Kier molecular flexibility index (Phi) is 4.64. The highest BCUT2D eigenvalue weighted by molar-refractivity contribution is 9.10. The van der Waals surface area contributed by atoms with E-state index in [0.717, 1.165) is 16.6 Å². The average Bonchev–Trinajstić information content (AvgIpc) is 2.82. The van der Waals surface area contributed by atoms with Gasteiger partial charge >= 0.3 is 0 Å². The van der Waals surface area contributed by atoms with Gasteiger partial charge in [0.2, 0.25) is 0 Å². The molecule has 1 aromatic rings. The molecule has 3 N–H and O–H groups in total. The van der Waals surface area contributed by atoms with E-state index in [0.29, 0.717) is 12.0 Å². The molecule has 3 nitrogen and oxygen atoms in total. The van der Waals surface area contributed by atoms with Crippen molar-refractivity contribution in [1.82, 2.24) is 10.4 Å². The molecule has 0 bridgehead atoms. The molecule has 0 saturated carbocycles. The van der Waals surface area contributed by atoms with E-state index in [9.17, 15) is 0 Å². The summed E-state index contributed by atoms with van der Waals surface area (Å²) in [5.74, 6) is 8.79. The normalized spacial score (nSPS) is 22.2. The van der Waals surface area contributed by atoms with Crippen molar-refractivity contribution in [3.63, 3.8) is 0 Å². The highest BCUT2D eigenvalue weighted by atomic mass is 79.9. The monoisotopic (exact) mass is 301 g/mol. The van der Waals surface area contributed by atoms with Crippen LogP contribution < -0.4 is 11.3 Å². The Morgan fingerprint density at radius 1 is 1.62 bits per heavy atom. The van der Waals surface area contributed by atoms with Gasteiger partial charge in [-0.25, -0.2) is 0 Å². The highest BCUT2D eigenvalue weighted by Gasteiger charge is 2.24. The van der Waals surface area contributed by atoms with Crippen LogP contribution >= 0.6 is 27.7 Å². The van der Waals surface area contributed by atoms with E-state index in [1.165, 1.54) is 17.9 Å². The summed E-state index contributed by atoms with van der Waals surface area (Å²) in [6.45, 7) is 0. The van der Waals surface area contributed by atoms with Crippen LogP contribution in [0.4, 0.5) is 0 Å². The Morgan fingerprint density at radius 3 is 3.06 bits per heavy atom. The first-order chi connectivity index (χ1) is 7.79. The van der Waals surface area contributed by atoms with Crippen LogP contribution in [-0.4, -0.2) is 22.5 Å². The summed E-state index contributed by atoms with van der Waals surface area (Å²) >= 11 is 5.40. The van der Waals surface area contributed by atoms with Gasteiger partial charge in [0.1, 0.15) is 0 Å². The topological polar surface area (TPSA) is 50.9 Å². The van der Waals surface area contributed by atoms with Crippen molar-refractivity contribution in [3.8, 4) is 0 Å². The average molecular weight is 302 g/mol. The molecule has 2 unspecified atom stereocenters. The Hall–Kier alpha value is -0.100. The maximum Gasteiger partial charge on any atom is 0.0420 e. The lowest BCUT2D eigenvalue weighted by Gasteiger charge is -2.21. The van der Waals surface area contributed by atoms with Gasteiger partial charge in [-0.15, -0.1) is 0 Å². The van der Waals surface area contributed by atoms with Crippen molar-refractivity contribution >= 4 is 27.7 Å². The van der Waals surface area contributed by atoms with Gasteiger partial charge in [-0.05, 0) is 51.9 Å². The zero-order valence-corrected chi connectivity index (χ0v) is 11.4. The molecule has 0 radical (unpaired) electrons. The minimum absolute atomic E-state index is 0.351. The van der Waals surface area contributed by atoms with E-state index >= 15 is 0 Å². The van der Waals surface area contributed by atoms with Crippen LogP contribution in [-0.2, 0) is 6.42 Å². The van der Waals surface area contributed by atoms with Crippen LogP contribution in [0.1, 0.15) is 12.1 Å². The Morgan fingerprint density at radius 2 is 2.50 bits per heavy atom. The largest absolute Gasteiger partial charge is 0.271 e. The molecular weight excluding hydrogens is 286 g/mol. The van der Waals surface area contributed by atoms with Crippen molar-refractivity contribution in [2.75, 3.05) is 11.5 Å². The summed E-state index contributed by atoms with van der Waals surface area (Å²) < 4.78 is 1.02. The molecule has 0 aliphatic carbocycles. The molecule has 2 heterocycles. The molecule has 1 aliphatic heterocycles. The molecule has 16 heavy (non-hydrogen) atoms. The second kappa shape index (κ2) is 6.00.